The molecule has 0 radical (unpaired) electrons. The zero-order valence-electron chi connectivity index (χ0n) is 8.01. The van der Waals surface area contributed by atoms with E-state index in [9.17, 15) is 4.79 Å². The SMILES string of the molecule is CN1CCn2c1nn(CC1CO1)c2=O. The Bertz CT molecular complexity index is 417. The van der Waals surface area contributed by atoms with E-state index in [1.807, 2.05) is 11.9 Å². The molecule has 76 valence electrons. The number of fused-ring (bicyclic) bond motifs is 1. The number of hydrogen-bond acceptors (Lipinski definition) is 4. The summed E-state index contributed by atoms with van der Waals surface area (Å²) in [6.45, 7) is 2.96. The van der Waals surface area contributed by atoms with E-state index >= 15 is 0 Å². The summed E-state index contributed by atoms with van der Waals surface area (Å²) in [6, 6.07) is 0. The molecule has 0 spiro atoms. The number of aromatic nitrogens is 3. The zero-order chi connectivity index (χ0) is 9.71. The summed E-state index contributed by atoms with van der Waals surface area (Å²) in [5.74, 6) is 0.774. The fraction of sp³-hybridized carbons (Fsp3) is 0.750. The highest BCUT2D eigenvalue weighted by atomic mass is 16.6. The Balaban J connectivity index is 1.98. The Labute approximate surface area is 80.7 Å². The van der Waals surface area contributed by atoms with Crippen LogP contribution in [0.4, 0.5) is 5.95 Å². The summed E-state index contributed by atoms with van der Waals surface area (Å²) in [7, 11) is 1.95. The van der Waals surface area contributed by atoms with Crippen molar-refractivity contribution in [1.82, 2.24) is 14.3 Å². The Kier molecular flexibility index (Phi) is 1.49. The predicted octanol–water partition coefficient (Wildman–Crippen LogP) is -1.11. The summed E-state index contributed by atoms with van der Waals surface area (Å²) in [4.78, 5) is 13.7. The normalized spacial score (nSPS) is 24.1. The maximum atomic E-state index is 11.8. The molecule has 2 aliphatic rings. The molecular weight excluding hydrogens is 184 g/mol. The highest BCUT2D eigenvalue weighted by Gasteiger charge is 2.28. The van der Waals surface area contributed by atoms with Crippen LogP contribution in [-0.2, 0) is 17.8 Å². The largest absolute Gasteiger partial charge is 0.371 e. The van der Waals surface area contributed by atoms with Gasteiger partial charge in [-0.3, -0.25) is 4.57 Å². The first kappa shape index (κ1) is 8.05. The van der Waals surface area contributed by atoms with Gasteiger partial charge < -0.3 is 9.64 Å². The van der Waals surface area contributed by atoms with E-state index in [-0.39, 0.29) is 11.8 Å². The lowest BCUT2D eigenvalue weighted by molar-refractivity contribution is 0.368. The van der Waals surface area contributed by atoms with Gasteiger partial charge in [-0.05, 0) is 0 Å². The fourth-order valence-corrected chi connectivity index (χ4v) is 1.74. The third-order valence-corrected chi connectivity index (χ3v) is 2.68. The number of hydrogen-bond donors (Lipinski definition) is 0. The summed E-state index contributed by atoms with van der Waals surface area (Å²) < 4.78 is 8.29. The molecule has 0 saturated carbocycles. The maximum Gasteiger partial charge on any atom is 0.347 e. The molecule has 1 saturated heterocycles. The number of likely N-dealkylation sites (N-methyl/N-ethyl adjacent to an activating group) is 1. The third kappa shape index (κ3) is 1.07. The van der Waals surface area contributed by atoms with Gasteiger partial charge in [-0.1, -0.05) is 0 Å². The van der Waals surface area contributed by atoms with Crippen LogP contribution >= 0.6 is 0 Å². The number of nitrogens with zero attached hydrogens (tertiary/aromatic N) is 4. The summed E-state index contributed by atoms with van der Waals surface area (Å²) in [5, 5.41) is 4.26. The second-order valence-corrected chi connectivity index (χ2v) is 3.79. The van der Waals surface area contributed by atoms with E-state index in [1.165, 1.54) is 4.68 Å². The highest BCUT2D eigenvalue weighted by molar-refractivity contribution is 5.31. The first-order valence-corrected chi connectivity index (χ1v) is 4.76. The number of anilines is 1. The number of ether oxygens (including phenoxy) is 1. The van der Waals surface area contributed by atoms with Gasteiger partial charge in [0, 0.05) is 20.1 Å². The number of epoxide rings is 1. The average molecular weight is 196 g/mol. The van der Waals surface area contributed by atoms with Crippen molar-refractivity contribution in [1.29, 1.82) is 0 Å². The van der Waals surface area contributed by atoms with Gasteiger partial charge in [-0.25, -0.2) is 9.48 Å². The lowest BCUT2D eigenvalue weighted by Gasteiger charge is -2.05. The van der Waals surface area contributed by atoms with Crippen molar-refractivity contribution in [3.05, 3.63) is 10.5 Å². The van der Waals surface area contributed by atoms with E-state index in [1.54, 1.807) is 4.57 Å². The molecule has 0 aromatic carbocycles. The Morgan fingerprint density at radius 1 is 1.57 bits per heavy atom. The van der Waals surface area contributed by atoms with Crippen molar-refractivity contribution in [2.45, 2.75) is 19.2 Å². The standard InChI is InChI=1S/C8H12N4O2/c1-10-2-3-11-7(10)9-12(8(11)13)4-6-5-14-6/h6H,2-5H2,1H3. The predicted molar refractivity (Wildman–Crippen MR) is 49.5 cm³/mol. The molecule has 1 unspecified atom stereocenters. The monoisotopic (exact) mass is 196 g/mol. The van der Waals surface area contributed by atoms with Crippen LogP contribution in [0.1, 0.15) is 0 Å². The Hall–Kier alpha value is -1.30. The van der Waals surface area contributed by atoms with E-state index in [0.29, 0.717) is 6.54 Å². The first-order valence-electron chi connectivity index (χ1n) is 4.76. The average Bonchev–Trinajstić information content (AvgIpc) is 2.83. The molecule has 2 aliphatic heterocycles. The van der Waals surface area contributed by atoms with Gasteiger partial charge in [-0.15, -0.1) is 5.10 Å². The Morgan fingerprint density at radius 2 is 2.36 bits per heavy atom. The molecule has 6 nitrogen and oxygen atoms in total. The van der Waals surface area contributed by atoms with E-state index in [0.717, 1.165) is 25.6 Å². The van der Waals surface area contributed by atoms with Gasteiger partial charge in [0.05, 0.1) is 13.2 Å². The van der Waals surface area contributed by atoms with Crippen LogP contribution in [0.15, 0.2) is 4.79 Å². The van der Waals surface area contributed by atoms with Gasteiger partial charge in [0.15, 0.2) is 0 Å². The topological polar surface area (TPSA) is 55.6 Å². The molecule has 1 aromatic heterocycles. The molecule has 0 amide bonds. The number of rotatable bonds is 2. The van der Waals surface area contributed by atoms with Crippen molar-refractivity contribution >= 4 is 5.95 Å². The van der Waals surface area contributed by atoms with Crippen molar-refractivity contribution < 1.29 is 4.74 Å². The molecule has 3 heterocycles. The lowest BCUT2D eigenvalue weighted by atomic mass is 10.5. The fourth-order valence-electron chi connectivity index (χ4n) is 1.74. The van der Waals surface area contributed by atoms with Crippen LogP contribution < -0.4 is 10.6 Å². The minimum Gasteiger partial charge on any atom is -0.371 e. The second kappa shape index (κ2) is 2.60. The van der Waals surface area contributed by atoms with Gasteiger partial charge in [0.2, 0.25) is 5.95 Å². The Morgan fingerprint density at radius 3 is 3.00 bits per heavy atom. The van der Waals surface area contributed by atoms with Crippen LogP contribution in [0.3, 0.4) is 0 Å². The van der Waals surface area contributed by atoms with Crippen LogP contribution in [0.25, 0.3) is 0 Å². The smallest absolute Gasteiger partial charge is 0.347 e. The van der Waals surface area contributed by atoms with Crippen LogP contribution in [-0.4, -0.2) is 40.7 Å². The molecule has 0 bridgehead atoms. The quantitative estimate of drug-likeness (QED) is 0.563. The van der Waals surface area contributed by atoms with Crippen molar-refractivity contribution in [3.63, 3.8) is 0 Å². The van der Waals surface area contributed by atoms with Gasteiger partial charge in [0.25, 0.3) is 0 Å². The van der Waals surface area contributed by atoms with Crippen LogP contribution in [0.2, 0.25) is 0 Å². The molecule has 0 aliphatic carbocycles. The van der Waals surface area contributed by atoms with Gasteiger partial charge in [-0.2, -0.15) is 0 Å². The van der Waals surface area contributed by atoms with Gasteiger partial charge in [0.1, 0.15) is 6.10 Å². The van der Waals surface area contributed by atoms with Gasteiger partial charge >= 0.3 is 5.69 Å². The van der Waals surface area contributed by atoms with E-state index in [2.05, 4.69) is 5.10 Å². The third-order valence-electron chi connectivity index (χ3n) is 2.68. The summed E-state index contributed by atoms with van der Waals surface area (Å²) >= 11 is 0. The maximum absolute atomic E-state index is 11.8. The highest BCUT2D eigenvalue weighted by Crippen LogP contribution is 2.15. The second-order valence-electron chi connectivity index (χ2n) is 3.79. The zero-order valence-corrected chi connectivity index (χ0v) is 8.01. The summed E-state index contributed by atoms with van der Waals surface area (Å²) in [5.41, 5.74) is -0.0140. The molecule has 6 heteroatoms. The summed E-state index contributed by atoms with van der Waals surface area (Å²) in [6.07, 6.45) is 0.202. The minimum atomic E-state index is -0.0140. The molecule has 0 N–H and O–H groups in total. The van der Waals surface area contributed by atoms with Crippen molar-refractivity contribution in [2.24, 2.45) is 0 Å². The molecule has 1 aromatic rings. The molecule has 1 fully saturated rings. The van der Waals surface area contributed by atoms with Crippen LogP contribution in [0.5, 0.6) is 0 Å². The molecule has 14 heavy (non-hydrogen) atoms. The lowest BCUT2D eigenvalue weighted by Crippen LogP contribution is -2.27. The molecule has 3 rings (SSSR count). The minimum absolute atomic E-state index is 0.0140. The first-order chi connectivity index (χ1) is 6.75. The van der Waals surface area contributed by atoms with Crippen molar-refractivity contribution in [2.75, 3.05) is 25.1 Å². The van der Waals surface area contributed by atoms with E-state index in [4.69, 9.17) is 4.74 Å². The van der Waals surface area contributed by atoms with Crippen molar-refractivity contribution in [3.8, 4) is 0 Å². The van der Waals surface area contributed by atoms with Crippen LogP contribution in [0, 0.1) is 0 Å². The molecular formula is C8H12N4O2. The van der Waals surface area contributed by atoms with E-state index < -0.39 is 0 Å². The molecule has 1 atom stereocenters.